The third-order valence-corrected chi connectivity index (χ3v) is 5.91. The number of aliphatic hydroxyl groups is 4. The molecule has 188 valence electrons. The predicted molar refractivity (Wildman–Crippen MR) is 116 cm³/mol. The Hall–Kier alpha value is -3.24. The van der Waals surface area contributed by atoms with E-state index in [1.165, 1.54) is 24.3 Å². The van der Waals surface area contributed by atoms with Gasteiger partial charge in [-0.1, -0.05) is 0 Å². The Morgan fingerprint density at radius 1 is 0.971 bits per heavy atom. The summed E-state index contributed by atoms with van der Waals surface area (Å²) in [5, 5.41) is 59.9. The van der Waals surface area contributed by atoms with E-state index in [0.29, 0.717) is 5.56 Å². The Bertz CT molecular complexity index is 1410. The highest BCUT2D eigenvalue weighted by molar-refractivity contribution is 7.81. The van der Waals surface area contributed by atoms with Gasteiger partial charge in [-0.25, -0.2) is 0 Å². The molecule has 0 amide bonds. The van der Waals surface area contributed by atoms with Crippen LogP contribution >= 0.6 is 0 Å². The molecule has 35 heavy (non-hydrogen) atoms. The number of benzene rings is 2. The average molecular weight is 512 g/mol. The van der Waals surface area contributed by atoms with E-state index in [4.69, 9.17) is 9.15 Å². The Balaban J connectivity index is 1.96. The highest BCUT2D eigenvalue weighted by atomic mass is 32.3. The first-order valence-corrected chi connectivity index (χ1v) is 11.4. The van der Waals surface area contributed by atoms with Crippen LogP contribution < -0.4 is 9.61 Å². The lowest BCUT2D eigenvalue weighted by Crippen LogP contribution is -2.55. The highest BCUT2D eigenvalue weighted by Gasteiger charge is 2.46. The highest BCUT2D eigenvalue weighted by Crippen LogP contribution is 2.45. The van der Waals surface area contributed by atoms with Gasteiger partial charge in [-0.15, -0.1) is 0 Å². The maximum Gasteiger partial charge on any atom is 0.446 e. The summed E-state index contributed by atoms with van der Waals surface area (Å²) in [5.41, 5.74) is -1.52. The van der Waals surface area contributed by atoms with E-state index in [2.05, 4.69) is 4.18 Å². The van der Waals surface area contributed by atoms with Gasteiger partial charge in [0.1, 0.15) is 58.7 Å². The molecule has 1 saturated heterocycles. The SMILES string of the molecule is O=c1cc(-c2ccc(O)cc2)oc2cc(OS(=O)(=O)O)c([C@@H]3O[C@@H](CO)[C@@H](O)[C@H](O)[C@H]3O)c(O)c12. The second-order valence-electron chi connectivity index (χ2n) is 7.79. The Morgan fingerprint density at radius 3 is 2.23 bits per heavy atom. The first-order chi connectivity index (χ1) is 16.4. The average Bonchev–Trinajstić information content (AvgIpc) is 2.77. The summed E-state index contributed by atoms with van der Waals surface area (Å²) in [4.78, 5) is 12.9. The van der Waals surface area contributed by atoms with Crippen molar-refractivity contribution in [3.05, 3.63) is 52.2 Å². The molecule has 14 heteroatoms. The molecule has 0 unspecified atom stereocenters. The van der Waals surface area contributed by atoms with Crippen LogP contribution in [0.15, 0.2) is 45.6 Å². The molecule has 2 aromatic carbocycles. The lowest BCUT2D eigenvalue weighted by molar-refractivity contribution is -0.232. The predicted octanol–water partition coefficient (Wildman–Crippen LogP) is -0.432. The van der Waals surface area contributed by atoms with Crippen LogP contribution in [-0.4, -0.2) is 74.6 Å². The van der Waals surface area contributed by atoms with Gasteiger partial charge in [0.25, 0.3) is 0 Å². The van der Waals surface area contributed by atoms with E-state index >= 15 is 0 Å². The number of rotatable bonds is 5. The maximum atomic E-state index is 12.9. The summed E-state index contributed by atoms with van der Waals surface area (Å²) in [5.74, 6) is -1.87. The van der Waals surface area contributed by atoms with Crippen LogP contribution in [0.1, 0.15) is 11.7 Å². The van der Waals surface area contributed by atoms with Crippen LogP contribution in [-0.2, 0) is 15.1 Å². The van der Waals surface area contributed by atoms with Gasteiger partial charge in [-0.2, -0.15) is 8.42 Å². The summed E-state index contributed by atoms with van der Waals surface area (Å²) in [7, 11) is -5.22. The number of hydrogen-bond donors (Lipinski definition) is 7. The summed E-state index contributed by atoms with van der Waals surface area (Å²) in [6.45, 7) is -0.831. The van der Waals surface area contributed by atoms with E-state index in [1.807, 2.05) is 0 Å². The second kappa shape index (κ2) is 9.09. The summed E-state index contributed by atoms with van der Waals surface area (Å²) < 4.78 is 47.7. The minimum atomic E-state index is -5.22. The number of hydrogen-bond acceptors (Lipinski definition) is 12. The molecular weight excluding hydrogens is 492 g/mol. The van der Waals surface area contributed by atoms with Gasteiger partial charge in [0.05, 0.1) is 12.2 Å². The third-order valence-electron chi connectivity index (χ3n) is 5.52. The zero-order valence-electron chi connectivity index (χ0n) is 17.5. The molecule has 4 rings (SSSR count). The molecule has 0 radical (unpaired) electrons. The van der Waals surface area contributed by atoms with Crippen molar-refractivity contribution < 1.29 is 56.9 Å². The number of phenols is 2. The minimum Gasteiger partial charge on any atom is -0.508 e. The van der Waals surface area contributed by atoms with Crippen molar-refractivity contribution in [3.63, 3.8) is 0 Å². The van der Waals surface area contributed by atoms with Gasteiger partial charge in [0.15, 0.2) is 11.2 Å². The van der Waals surface area contributed by atoms with Crippen molar-refractivity contribution in [2.75, 3.05) is 6.61 Å². The van der Waals surface area contributed by atoms with Crippen molar-refractivity contribution in [2.24, 2.45) is 0 Å². The van der Waals surface area contributed by atoms with Crippen molar-refractivity contribution >= 4 is 21.4 Å². The number of ether oxygens (including phenoxy) is 1. The van der Waals surface area contributed by atoms with Gasteiger partial charge < -0.3 is 44.0 Å². The van der Waals surface area contributed by atoms with E-state index in [9.17, 15) is 48.4 Å². The largest absolute Gasteiger partial charge is 0.508 e. The molecule has 0 bridgehead atoms. The van der Waals surface area contributed by atoms with Crippen molar-refractivity contribution in [2.45, 2.75) is 30.5 Å². The number of fused-ring (bicyclic) bond motifs is 1. The quantitative estimate of drug-likeness (QED) is 0.216. The van der Waals surface area contributed by atoms with Gasteiger partial charge in [0.2, 0.25) is 0 Å². The smallest absolute Gasteiger partial charge is 0.446 e. The summed E-state index contributed by atoms with van der Waals surface area (Å²) in [6.07, 6.45) is -8.92. The van der Waals surface area contributed by atoms with Crippen LogP contribution in [0.4, 0.5) is 0 Å². The Labute approximate surface area is 196 Å². The zero-order chi connectivity index (χ0) is 25.7. The number of aromatic hydroxyl groups is 2. The minimum absolute atomic E-state index is 0.0275. The van der Waals surface area contributed by atoms with E-state index in [1.54, 1.807) is 0 Å². The molecule has 0 spiro atoms. The standard InChI is InChI=1S/C21H20O13S/c22-7-14-17(25)19(27)20(28)21(33-14)16-13(34-35(29,30)31)6-12-15(18(16)26)10(24)5-11(32-12)8-1-3-9(23)4-2-8/h1-6,14,17,19-23,25-28H,7H2,(H,29,30,31)/t14-,17+,19-,20+,21-/m0/s1. The fourth-order valence-corrected chi connectivity index (χ4v) is 4.23. The first-order valence-electron chi connectivity index (χ1n) is 10.0. The van der Waals surface area contributed by atoms with Gasteiger partial charge in [0, 0.05) is 17.7 Å². The van der Waals surface area contributed by atoms with Crippen molar-refractivity contribution in [3.8, 4) is 28.6 Å². The molecular formula is C21H20O13S. The van der Waals surface area contributed by atoms with Crippen LogP contribution in [0, 0.1) is 0 Å². The van der Waals surface area contributed by atoms with E-state index in [0.717, 1.165) is 12.1 Å². The number of phenolic OH excluding ortho intramolecular Hbond substituents is 2. The molecule has 1 aliphatic heterocycles. The van der Waals surface area contributed by atoms with Crippen LogP contribution in [0.5, 0.6) is 17.2 Å². The van der Waals surface area contributed by atoms with Crippen molar-refractivity contribution in [1.29, 1.82) is 0 Å². The monoisotopic (exact) mass is 512 g/mol. The fourth-order valence-electron chi connectivity index (χ4n) is 3.86. The van der Waals surface area contributed by atoms with Gasteiger partial charge in [-0.05, 0) is 24.3 Å². The van der Waals surface area contributed by atoms with Crippen LogP contribution in [0.2, 0.25) is 0 Å². The van der Waals surface area contributed by atoms with Crippen molar-refractivity contribution in [1.82, 2.24) is 0 Å². The number of aliphatic hydroxyl groups excluding tert-OH is 4. The van der Waals surface area contributed by atoms with Crippen LogP contribution in [0.3, 0.4) is 0 Å². The molecule has 1 aliphatic rings. The Kier molecular flexibility index (Phi) is 6.46. The molecule has 7 N–H and O–H groups in total. The lowest BCUT2D eigenvalue weighted by Gasteiger charge is -2.40. The van der Waals surface area contributed by atoms with Gasteiger partial charge >= 0.3 is 10.4 Å². The molecule has 3 aromatic rings. The molecule has 13 nitrogen and oxygen atoms in total. The maximum absolute atomic E-state index is 12.9. The molecule has 1 fully saturated rings. The third kappa shape index (κ3) is 4.68. The molecule has 0 saturated carbocycles. The van der Waals surface area contributed by atoms with Gasteiger partial charge in [-0.3, -0.25) is 9.35 Å². The molecule has 2 heterocycles. The Morgan fingerprint density at radius 2 is 1.63 bits per heavy atom. The zero-order valence-corrected chi connectivity index (χ0v) is 18.4. The normalized spacial score (nSPS) is 25.0. The summed E-state index contributed by atoms with van der Waals surface area (Å²) >= 11 is 0. The van der Waals surface area contributed by atoms with E-state index < -0.39 is 75.4 Å². The topological polar surface area (TPSA) is 224 Å². The fraction of sp³-hybridized carbons (Fsp3) is 0.286. The molecule has 0 aliphatic carbocycles. The molecule has 1 aromatic heterocycles. The first kappa shape index (κ1) is 24.9. The summed E-state index contributed by atoms with van der Waals surface area (Å²) in [6, 6.07) is 7.35. The van der Waals surface area contributed by atoms with E-state index in [-0.39, 0.29) is 17.1 Å². The van der Waals surface area contributed by atoms with Crippen LogP contribution in [0.25, 0.3) is 22.3 Å². The molecule has 5 atom stereocenters. The second-order valence-corrected chi connectivity index (χ2v) is 8.81. The lowest BCUT2D eigenvalue weighted by atomic mass is 9.89.